The minimum absolute atomic E-state index is 0.551. The van der Waals surface area contributed by atoms with Gasteiger partial charge in [0.15, 0.2) is 0 Å². The van der Waals surface area contributed by atoms with Crippen molar-refractivity contribution in [3.63, 3.8) is 0 Å². The summed E-state index contributed by atoms with van der Waals surface area (Å²) in [7, 11) is 0. The fourth-order valence-electron chi connectivity index (χ4n) is 1.15. The molecule has 1 heterocycles. The molecule has 1 rings (SSSR count). The average Bonchev–Trinajstić information content (AvgIpc) is 2.63. The maximum absolute atomic E-state index is 5.50. The Morgan fingerprint density at radius 2 is 2.29 bits per heavy atom. The van der Waals surface area contributed by atoms with Crippen molar-refractivity contribution in [1.29, 1.82) is 0 Å². The quantitative estimate of drug-likeness (QED) is 0.702. The molecule has 0 spiro atoms. The average molecular weight is 213 g/mol. The first kappa shape index (κ1) is 11.7. The summed E-state index contributed by atoms with van der Waals surface area (Å²) in [6.45, 7) is 6.87. The van der Waals surface area contributed by atoms with Gasteiger partial charge in [-0.1, -0.05) is 13.8 Å². The van der Waals surface area contributed by atoms with E-state index < -0.39 is 0 Å². The molecule has 0 saturated carbocycles. The second kappa shape index (κ2) is 6.98. The lowest BCUT2D eigenvalue weighted by Crippen LogP contribution is -2.26. The molecular formula is C11H19NOS. The van der Waals surface area contributed by atoms with Gasteiger partial charge in [-0.05, 0) is 28.8 Å². The van der Waals surface area contributed by atoms with Crippen LogP contribution in [0.1, 0.15) is 19.4 Å². The van der Waals surface area contributed by atoms with Crippen molar-refractivity contribution in [3.8, 4) is 0 Å². The van der Waals surface area contributed by atoms with E-state index in [1.807, 2.05) is 0 Å². The summed E-state index contributed by atoms with van der Waals surface area (Å²) in [4.78, 5) is 0. The molecule has 2 nitrogen and oxygen atoms in total. The summed E-state index contributed by atoms with van der Waals surface area (Å²) in [5, 5.41) is 7.60. The van der Waals surface area contributed by atoms with Crippen LogP contribution >= 0.6 is 11.3 Å². The second-order valence-electron chi connectivity index (χ2n) is 3.60. The lowest BCUT2D eigenvalue weighted by molar-refractivity contribution is 0.137. The molecule has 14 heavy (non-hydrogen) atoms. The van der Waals surface area contributed by atoms with Crippen LogP contribution in [-0.2, 0) is 11.2 Å². The summed E-state index contributed by atoms with van der Waals surface area (Å²) in [5.41, 5.74) is 1.38. The van der Waals surface area contributed by atoms with E-state index in [4.69, 9.17) is 4.74 Å². The number of ether oxygens (including phenoxy) is 1. The first-order valence-electron chi connectivity index (χ1n) is 5.11. The van der Waals surface area contributed by atoms with Crippen LogP contribution in [0.2, 0.25) is 0 Å². The van der Waals surface area contributed by atoms with Gasteiger partial charge in [0.2, 0.25) is 0 Å². The van der Waals surface area contributed by atoms with Gasteiger partial charge in [0.05, 0.1) is 13.2 Å². The fourth-order valence-corrected chi connectivity index (χ4v) is 1.85. The van der Waals surface area contributed by atoms with Crippen LogP contribution in [0.25, 0.3) is 0 Å². The largest absolute Gasteiger partial charge is 0.380 e. The molecule has 1 aromatic rings. The van der Waals surface area contributed by atoms with E-state index in [2.05, 4.69) is 36.0 Å². The minimum Gasteiger partial charge on any atom is -0.380 e. The van der Waals surface area contributed by atoms with Gasteiger partial charge in [0.25, 0.3) is 0 Å². The van der Waals surface area contributed by atoms with Crippen LogP contribution in [0.5, 0.6) is 0 Å². The number of rotatable bonds is 7. The molecule has 0 aromatic carbocycles. The minimum atomic E-state index is 0.551. The lowest BCUT2D eigenvalue weighted by atomic mass is 10.3. The molecule has 1 aromatic heterocycles. The van der Waals surface area contributed by atoms with Crippen LogP contribution in [0.3, 0.4) is 0 Å². The molecule has 0 atom stereocenters. The molecule has 0 aliphatic carbocycles. The van der Waals surface area contributed by atoms with E-state index in [9.17, 15) is 0 Å². The van der Waals surface area contributed by atoms with E-state index >= 15 is 0 Å². The molecule has 1 N–H and O–H groups in total. The maximum Gasteiger partial charge on any atom is 0.0591 e. The zero-order chi connectivity index (χ0) is 10.2. The Hall–Kier alpha value is -0.380. The van der Waals surface area contributed by atoms with Crippen LogP contribution in [0, 0.1) is 0 Å². The van der Waals surface area contributed by atoms with Gasteiger partial charge in [-0.2, -0.15) is 11.3 Å². The highest BCUT2D eigenvalue weighted by Gasteiger charge is 1.94. The topological polar surface area (TPSA) is 21.3 Å². The van der Waals surface area contributed by atoms with E-state index in [0.29, 0.717) is 6.04 Å². The van der Waals surface area contributed by atoms with Gasteiger partial charge in [-0.25, -0.2) is 0 Å². The Morgan fingerprint density at radius 3 is 2.93 bits per heavy atom. The van der Waals surface area contributed by atoms with Crippen molar-refractivity contribution < 1.29 is 4.74 Å². The summed E-state index contributed by atoms with van der Waals surface area (Å²) in [6.07, 6.45) is 1.03. The normalized spacial score (nSPS) is 11.1. The number of thiophene rings is 1. The Bertz CT molecular complexity index is 221. The molecule has 0 saturated heterocycles. The Balaban J connectivity index is 1.90. The monoisotopic (exact) mass is 213 g/mol. The number of hydrogen-bond donors (Lipinski definition) is 1. The SMILES string of the molecule is CC(C)NCCOCCc1ccsc1. The van der Waals surface area contributed by atoms with Gasteiger partial charge in [-0.3, -0.25) is 0 Å². The third kappa shape index (κ3) is 5.37. The van der Waals surface area contributed by atoms with E-state index in [0.717, 1.165) is 26.2 Å². The van der Waals surface area contributed by atoms with Gasteiger partial charge < -0.3 is 10.1 Å². The molecule has 0 amide bonds. The third-order valence-corrected chi connectivity index (χ3v) is 2.65. The molecule has 3 heteroatoms. The second-order valence-corrected chi connectivity index (χ2v) is 4.38. The van der Waals surface area contributed by atoms with Gasteiger partial charge in [0.1, 0.15) is 0 Å². The highest BCUT2D eigenvalue weighted by Crippen LogP contribution is 2.06. The van der Waals surface area contributed by atoms with Crippen LogP contribution in [0.4, 0.5) is 0 Å². The predicted octanol–water partition coefficient (Wildman–Crippen LogP) is 2.31. The van der Waals surface area contributed by atoms with E-state index in [1.165, 1.54) is 5.56 Å². The van der Waals surface area contributed by atoms with E-state index in [1.54, 1.807) is 11.3 Å². The molecule has 0 fully saturated rings. The fraction of sp³-hybridized carbons (Fsp3) is 0.636. The van der Waals surface area contributed by atoms with Gasteiger partial charge >= 0.3 is 0 Å². The number of nitrogens with one attached hydrogen (secondary N) is 1. The Morgan fingerprint density at radius 1 is 1.43 bits per heavy atom. The summed E-state index contributed by atoms with van der Waals surface area (Å²) >= 11 is 1.74. The van der Waals surface area contributed by atoms with Crippen molar-refractivity contribution in [2.45, 2.75) is 26.3 Å². The van der Waals surface area contributed by atoms with Crippen molar-refractivity contribution in [2.75, 3.05) is 19.8 Å². The lowest BCUT2D eigenvalue weighted by Gasteiger charge is -2.07. The zero-order valence-corrected chi connectivity index (χ0v) is 9.77. The van der Waals surface area contributed by atoms with Crippen molar-refractivity contribution in [1.82, 2.24) is 5.32 Å². The van der Waals surface area contributed by atoms with Crippen molar-refractivity contribution >= 4 is 11.3 Å². The molecule has 0 aliphatic rings. The van der Waals surface area contributed by atoms with Crippen LogP contribution < -0.4 is 5.32 Å². The molecule has 0 radical (unpaired) electrons. The highest BCUT2D eigenvalue weighted by molar-refractivity contribution is 7.07. The molecular weight excluding hydrogens is 194 g/mol. The highest BCUT2D eigenvalue weighted by atomic mass is 32.1. The first-order chi connectivity index (χ1) is 6.79. The van der Waals surface area contributed by atoms with E-state index in [-0.39, 0.29) is 0 Å². The Labute approximate surface area is 90.3 Å². The van der Waals surface area contributed by atoms with Crippen LogP contribution in [-0.4, -0.2) is 25.8 Å². The number of hydrogen-bond acceptors (Lipinski definition) is 3. The van der Waals surface area contributed by atoms with Crippen molar-refractivity contribution in [3.05, 3.63) is 22.4 Å². The smallest absolute Gasteiger partial charge is 0.0591 e. The zero-order valence-electron chi connectivity index (χ0n) is 8.95. The third-order valence-electron chi connectivity index (χ3n) is 1.91. The summed E-state index contributed by atoms with van der Waals surface area (Å²) < 4.78 is 5.50. The maximum atomic E-state index is 5.50. The van der Waals surface area contributed by atoms with Gasteiger partial charge in [0, 0.05) is 12.6 Å². The summed E-state index contributed by atoms with van der Waals surface area (Å²) in [6, 6.07) is 2.70. The van der Waals surface area contributed by atoms with Crippen LogP contribution in [0.15, 0.2) is 16.8 Å². The first-order valence-corrected chi connectivity index (χ1v) is 6.05. The molecule has 0 bridgehead atoms. The molecule has 0 unspecified atom stereocenters. The Kier molecular flexibility index (Phi) is 5.83. The van der Waals surface area contributed by atoms with Crippen molar-refractivity contribution in [2.24, 2.45) is 0 Å². The standard InChI is InChI=1S/C11H19NOS/c1-10(2)12-5-7-13-6-3-11-4-8-14-9-11/h4,8-10,12H,3,5-7H2,1-2H3. The molecule has 80 valence electrons. The van der Waals surface area contributed by atoms with Gasteiger partial charge in [-0.15, -0.1) is 0 Å². The molecule has 0 aliphatic heterocycles. The summed E-state index contributed by atoms with van der Waals surface area (Å²) in [5.74, 6) is 0. The predicted molar refractivity (Wildman–Crippen MR) is 62.0 cm³/mol.